The summed E-state index contributed by atoms with van der Waals surface area (Å²) in [5, 5.41) is 9.80. The first-order chi connectivity index (χ1) is 8.37. The fourth-order valence-electron chi connectivity index (χ4n) is 2.42. The number of hydrogen-bond acceptors (Lipinski definition) is 5. The summed E-state index contributed by atoms with van der Waals surface area (Å²) in [6, 6.07) is 0. The molecule has 0 spiro atoms. The van der Waals surface area contributed by atoms with Gasteiger partial charge in [-0.1, -0.05) is 12.8 Å². The molecular weight excluding hydrogens is 256 g/mol. The molecule has 100 valence electrons. The quantitative estimate of drug-likeness (QED) is 0.842. The van der Waals surface area contributed by atoms with Crippen molar-refractivity contribution in [2.75, 3.05) is 6.26 Å². The summed E-state index contributed by atoms with van der Waals surface area (Å²) in [5.41, 5.74) is -0.127. The zero-order chi connectivity index (χ0) is 13.3. The number of rotatable bonds is 3. The molecule has 0 saturated heterocycles. The molecule has 0 aliphatic heterocycles. The second-order valence-electron chi connectivity index (χ2n) is 4.80. The first-order valence-corrected chi connectivity index (χ1v) is 7.92. The number of sulfone groups is 1. The summed E-state index contributed by atoms with van der Waals surface area (Å²) in [5.74, 6) is -0.680. The molecule has 18 heavy (non-hydrogen) atoms. The molecule has 1 fully saturated rings. The zero-order valence-electron chi connectivity index (χ0n) is 10.1. The number of nitrogens with zero attached hydrogens (tertiary/aromatic N) is 1. The van der Waals surface area contributed by atoms with E-state index in [1.807, 2.05) is 0 Å². The minimum Gasteiger partial charge on any atom is -0.493 e. The summed E-state index contributed by atoms with van der Waals surface area (Å²) >= 11 is 0. The van der Waals surface area contributed by atoms with Gasteiger partial charge in [-0.2, -0.15) is 4.98 Å². The van der Waals surface area contributed by atoms with Crippen LogP contribution in [-0.4, -0.2) is 29.7 Å². The molecule has 0 aromatic carbocycles. The first kappa shape index (κ1) is 13.1. The molecule has 0 bridgehead atoms. The molecular formula is C11H16N2O4S. The highest BCUT2D eigenvalue weighted by Gasteiger charge is 2.24. The maximum Gasteiger partial charge on any atom is 0.258 e. The Bertz CT molecular complexity index is 600. The van der Waals surface area contributed by atoms with Gasteiger partial charge in [0.25, 0.3) is 5.56 Å². The van der Waals surface area contributed by atoms with E-state index in [4.69, 9.17) is 0 Å². The molecule has 0 amide bonds. The van der Waals surface area contributed by atoms with Crippen molar-refractivity contribution in [2.24, 2.45) is 0 Å². The predicted molar refractivity (Wildman–Crippen MR) is 66.3 cm³/mol. The second kappa shape index (κ2) is 4.72. The van der Waals surface area contributed by atoms with Gasteiger partial charge in [0.2, 0.25) is 5.88 Å². The SMILES string of the molecule is CS(=O)(=O)Cc1nc(O)c(C2CCCC2)c(=O)[nH]1. The van der Waals surface area contributed by atoms with Gasteiger partial charge in [-0.05, 0) is 18.8 Å². The highest BCUT2D eigenvalue weighted by atomic mass is 32.2. The molecule has 0 atom stereocenters. The van der Waals surface area contributed by atoms with Crippen molar-refractivity contribution in [3.8, 4) is 5.88 Å². The molecule has 2 N–H and O–H groups in total. The number of nitrogens with one attached hydrogen (secondary N) is 1. The van der Waals surface area contributed by atoms with Crippen molar-refractivity contribution in [1.82, 2.24) is 9.97 Å². The van der Waals surface area contributed by atoms with Gasteiger partial charge in [0.1, 0.15) is 11.6 Å². The monoisotopic (exact) mass is 272 g/mol. The number of aromatic amines is 1. The van der Waals surface area contributed by atoms with E-state index in [9.17, 15) is 18.3 Å². The maximum absolute atomic E-state index is 11.9. The fourth-order valence-corrected chi connectivity index (χ4v) is 3.05. The van der Waals surface area contributed by atoms with Crippen LogP contribution in [0.4, 0.5) is 0 Å². The van der Waals surface area contributed by atoms with Crippen LogP contribution in [0.5, 0.6) is 5.88 Å². The fraction of sp³-hybridized carbons (Fsp3) is 0.636. The molecule has 0 radical (unpaired) electrons. The molecule has 1 aromatic heterocycles. The van der Waals surface area contributed by atoms with Crippen molar-refractivity contribution in [3.05, 3.63) is 21.7 Å². The Morgan fingerprint density at radius 3 is 2.50 bits per heavy atom. The highest BCUT2D eigenvalue weighted by Crippen LogP contribution is 2.35. The Morgan fingerprint density at radius 1 is 1.39 bits per heavy atom. The standard InChI is InChI=1S/C11H16N2O4S/c1-18(16,17)6-8-12-10(14)9(11(15)13-8)7-4-2-3-5-7/h7H,2-6H2,1H3,(H2,12,13,14,15). The molecule has 1 aliphatic rings. The van der Waals surface area contributed by atoms with Crippen LogP contribution in [0.3, 0.4) is 0 Å². The third kappa shape index (κ3) is 2.90. The van der Waals surface area contributed by atoms with Crippen LogP contribution < -0.4 is 5.56 Å². The van der Waals surface area contributed by atoms with Crippen LogP contribution in [0.2, 0.25) is 0 Å². The van der Waals surface area contributed by atoms with E-state index in [2.05, 4.69) is 9.97 Å². The summed E-state index contributed by atoms with van der Waals surface area (Å²) in [4.78, 5) is 18.1. The second-order valence-corrected chi connectivity index (χ2v) is 6.94. The lowest BCUT2D eigenvalue weighted by Crippen LogP contribution is -2.20. The smallest absolute Gasteiger partial charge is 0.258 e. The molecule has 7 heteroatoms. The van der Waals surface area contributed by atoms with Crippen LogP contribution in [0, 0.1) is 0 Å². The highest BCUT2D eigenvalue weighted by molar-refractivity contribution is 7.89. The number of hydrogen-bond donors (Lipinski definition) is 2. The third-order valence-electron chi connectivity index (χ3n) is 3.15. The van der Waals surface area contributed by atoms with Gasteiger partial charge in [0.05, 0.1) is 5.56 Å². The van der Waals surface area contributed by atoms with Crippen LogP contribution in [0.25, 0.3) is 0 Å². The van der Waals surface area contributed by atoms with Gasteiger partial charge in [-0.25, -0.2) is 8.42 Å². The van der Waals surface area contributed by atoms with Crippen molar-refractivity contribution >= 4 is 9.84 Å². The predicted octanol–water partition coefficient (Wildman–Crippen LogP) is 0.678. The average molecular weight is 272 g/mol. The number of H-pyrrole nitrogens is 1. The summed E-state index contributed by atoms with van der Waals surface area (Å²) in [6.07, 6.45) is 4.85. The van der Waals surface area contributed by atoms with Crippen molar-refractivity contribution in [2.45, 2.75) is 37.4 Å². The van der Waals surface area contributed by atoms with Gasteiger partial charge < -0.3 is 10.1 Å². The maximum atomic E-state index is 11.9. The Labute approximate surface area is 105 Å². The van der Waals surface area contributed by atoms with Crippen LogP contribution in [0.1, 0.15) is 43.0 Å². The minimum absolute atomic E-state index is 0.0123. The lowest BCUT2D eigenvalue weighted by atomic mass is 10.00. The van der Waals surface area contributed by atoms with Gasteiger partial charge in [0.15, 0.2) is 9.84 Å². The Hall–Kier alpha value is -1.37. The Balaban J connectivity index is 2.38. The molecule has 1 aromatic rings. The molecule has 1 saturated carbocycles. The minimum atomic E-state index is -3.29. The van der Waals surface area contributed by atoms with E-state index >= 15 is 0 Å². The average Bonchev–Trinajstić information content (AvgIpc) is 2.66. The van der Waals surface area contributed by atoms with Crippen LogP contribution in [-0.2, 0) is 15.6 Å². The van der Waals surface area contributed by atoms with E-state index < -0.39 is 15.4 Å². The largest absolute Gasteiger partial charge is 0.493 e. The van der Waals surface area contributed by atoms with E-state index in [0.717, 1.165) is 31.9 Å². The molecule has 1 aliphatic carbocycles. The first-order valence-electron chi connectivity index (χ1n) is 5.86. The van der Waals surface area contributed by atoms with Crippen molar-refractivity contribution in [3.63, 3.8) is 0 Å². The third-order valence-corrected chi connectivity index (χ3v) is 3.94. The topological polar surface area (TPSA) is 100 Å². The van der Waals surface area contributed by atoms with Gasteiger partial charge in [-0.3, -0.25) is 4.79 Å². The number of aromatic nitrogens is 2. The number of aromatic hydroxyl groups is 1. The van der Waals surface area contributed by atoms with E-state index in [1.54, 1.807) is 0 Å². The van der Waals surface area contributed by atoms with Gasteiger partial charge in [0, 0.05) is 6.26 Å². The zero-order valence-corrected chi connectivity index (χ0v) is 11.0. The van der Waals surface area contributed by atoms with Crippen molar-refractivity contribution in [1.29, 1.82) is 0 Å². The molecule has 6 nitrogen and oxygen atoms in total. The van der Waals surface area contributed by atoms with Gasteiger partial charge in [-0.15, -0.1) is 0 Å². The lowest BCUT2D eigenvalue weighted by Gasteiger charge is -2.10. The summed E-state index contributed by atoms with van der Waals surface area (Å²) in [7, 11) is -3.29. The van der Waals surface area contributed by atoms with Crippen LogP contribution >= 0.6 is 0 Å². The molecule has 1 heterocycles. The Morgan fingerprint density at radius 2 is 2.00 bits per heavy atom. The summed E-state index contributed by atoms with van der Waals surface area (Å²) < 4.78 is 22.2. The van der Waals surface area contributed by atoms with E-state index in [-0.39, 0.29) is 23.4 Å². The van der Waals surface area contributed by atoms with Gasteiger partial charge >= 0.3 is 0 Å². The molecule has 2 rings (SSSR count). The van der Waals surface area contributed by atoms with E-state index in [1.165, 1.54) is 0 Å². The van der Waals surface area contributed by atoms with Crippen molar-refractivity contribution < 1.29 is 13.5 Å². The van der Waals surface area contributed by atoms with E-state index in [0.29, 0.717) is 5.56 Å². The molecule has 0 unspecified atom stereocenters. The summed E-state index contributed by atoms with van der Waals surface area (Å²) in [6.45, 7) is 0. The normalized spacial score (nSPS) is 17.2. The Kier molecular flexibility index (Phi) is 3.43. The lowest BCUT2D eigenvalue weighted by molar-refractivity contribution is 0.433. The van der Waals surface area contributed by atoms with Crippen LogP contribution in [0.15, 0.2) is 4.79 Å².